The molecular weight excluding hydrogens is 238 g/mol. The van der Waals surface area contributed by atoms with E-state index < -0.39 is 35.9 Å². The maximum atomic E-state index is 12.5. The van der Waals surface area contributed by atoms with Gasteiger partial charge in [-0.2, -0.15) is 26.3 Å². The van der Waals surface area contributed by atoms with Crippen LogP contribution in [0.3, 0.4) is 0 Å². The first kappa shape index (κ1) is 13.3. The van der Waals surface area contributed by atoms with Gasteiger partial charge in [0.15, 0.2) is 0 Å². The Morgan fingerprint density at radius 3 is 1.88 bits per heavy atom. The largest absolute Gasteiger partial charge is 0.396 e. The van der Waals surface area contributed by atoms with Gasteiger partial charge in [-0.25, -0.2) is 0 Å². The van der Waals surface area contributed by atoms with E-state index in [-0.39, 0.29) is 12.8 Å². The van der Waals surface area contributed by atoms with Crippen LogP contribution in [0.25, 0.3) is 0 Å². The van der Waals surface area contributed by atoms with Crippen LogP contribution < -0.4 is 0 Å². The molecule has 0 radical (unpaired) electrons. The van der Waals surface area contributed by atoms with Gasteiger partial charge in [0.2, 0.25) is 0 Å². The van der Waals surface area contributed by atoms with Gasteiger partial charge in [0.05, 0.1) is 17.9 Å². The molecule has 1 aliphatic carbocycles. The van der Waals surface area contributed by atoms with Crippen molar-refractivity contribution in [3.8, 4) is 0 Å². The second kappa shape index (κ2) is 3.94. The van der Waals surface area contributed by atoms with Crippen LogP contribution in [-0.4, -0.2) is 23.6 Å². The van der Waals surface area contributed by atoms with Gasteiger partial charge >= 0.3 is 12.4 Å². The Morgan fingerprint density at radius 2 is 1.56 bits per heavy atom. The molecular formula is C9H10F6O. The summed E-state index contributed by atoms with van der Waals surface area (Å²) in [5.74, 6) is -5.50. The third-order valence-corrected chi connectivity index (χ3v) is 2.71. The number of alkyl halides is 6. The lowest BCUT2D eigenvalue weighted by Gasteiger charge is -2.38. The molecule has 16 heavy (non-hydrogen) atoms. The number of halogens is 6. The van der Waals surface area contributed by atoms with Gasteiger partial charge in [0, 0.05) is 0 Å². The third kappa shape index (κ3) is 2.50. The summed E-state index contributed by atoms with van der Waals surface area (Å²) in [7, 11) is 0. The van der Waals surface area contributed by atoms with E-state index in [4.69, 9.17) is 5.11 Å². The zero-order valence-corrected chi connectivity index (χ0v) is 8.07. The molecule has 0 aromatic carbocycles. The molecule has 0 amide bonds. The van der Waals surface area contributed by atoms with E-state index in [1.165, 1.54) is 0 Å². The van der Waals surface area contributed by atoms with Crippen molar-refractivity contribution in [2.75, 3.05) is 0 Å². The van der Waals surface area contributed by atoms with Gasteiger partial charge in [-0.05, 0) is 12.8 Å². The van der Waals surface area contributed by atoms with E-state index in [0.29, 0.717) is 0 Å². The van der Waals surface area contributed by atoms with Crippen LogP contribution in [-0.2, 0) is 0 Å². The molecule has 0 spiro atoms. The van der Waals surface area contributed by atoms with Crippen LogP contribution in [0.5, 0.6) is 0 Å². The summed E-state index contributed by atoms with van der Waals surface area (Å²) in [5.41, 5.74) is -0.514. The predicted octanol–water partition coefficient (Wildman–Crippen LogP) is 3.05. The summed E-state index contributed by atoms with van der Waals surface area (Å²) in [6.45, 7) is 3.03. The van der Waals surface area contributed by atoms with Crippen LogP contribution in [0.2, 0.25) is 0 Å². The van der Waals surface area contributed by atoms with Crippen molar-refractivity contribution in [2.24, 2.45) is 11.8 Å². The summed E-state index contributed by atoms with van der Waals surface area (Å²) < 4.78 is 74.8. The lowest BCUT2D eigenvalue weighted by atomic mass is 9.73. The molecule has 1 N–H and O–H groups in total. The van der Waals surface area contributed by atoms with E-state index >= 15 is 0 Å². The van der Waals surface area contributed by atoms with Gasteiger partial charge in [-0.3, -0.25) is 0 Å². The van der Waals surface area contributed by atoms with E-state index in [1.807, 2.05) is 0 Å². The maximum absolute atomic E-state index is 12.5. The van der Waals surface area contributed by atoms with Crippen molar-refractivity contribution in [3.63, 3.8) is 0 Å². The molecule has 7 heteroatoms. The quantitative estimate of drug-likeness (QED) is 0.516. The average Bonchev–Trinajstić information content (AvgIpc) is 2.04. The molecule has 1 fully saturated rings. The van der Waals surface area contributed by atoms with Crippen molar-refractivity contribution in [2.45, 2.75) is 31.3 Å². The minimum Gasteiger partial charge on any atom is -0.392 e. The molecule has 0 saturated heterocycles. The lowest BCUT2D eigenvalue weighted by molar-refractivity contribution is -0.270. The first-order chi connectivity index (χ1) is 7.05. The average molecular weight is 248 g/mol. The van der Waals surface area contributed by atoms with Gasteiger partial charge in [-0.15, -0.1) is 0 Å². The van der Waals surface area contributed by atoms with Crippen LogP contribution in [0.4, 0.5) is 26.3 Å². The normalized spacial score (nSPS) is 32.9. The highest BCUT2D eigenvalue weighted by atomic mass is 19.4. The van der Waals surface area contributed by atoms with Gasteiger partial charge < -0.3 is 5.11 Å². The summed E-state index contributed by atoms with van der Waals surface area (Å²) in [6, 6.07) is 0. The number of hydrogen-bond donors (Lipinski definition) is 1. The fourth-order valence-corrected chi connectivity index (χ4v) is 1.99. The van der Waals surface area contributed by atoms with E-state index in [9.17, 15) is 26.3 Å². The topological polar surface area (TPSA) is 20.2 Å². The first-order valence-corrected chi connectivity index (χ1v) is 4.54. The van der Waals surface area contributed by atoms with Crippen molar-refractivity contribution in [1.82, 2.24) is 0 Å². The minimum atomic E-state index is -5.08. The Labute approximate surface area is 87.8 Å². The Hall–Kier alpha value is -0.720. The molecule has 0 bridgehead atoms. The second-order valence-electron chi connectivity index (χ2n) is 3.85. The minimum absolute atomic E-state index is 0.238. The smallest absolute Gasteiger partial charge is 0.392 e. The number of aliphatic hydroxyl groups excluding tert-OH is 1. The van der Waals surface area contributed by atoms with E-state index in [0.717, 1.165) is 0 Å². The highest BCUT2D eigenvalue weighted by Crippen LogP contribution is 2.50. The molecule has 0 heterocycles. The predicted molar refractivity (Wildman–Crippen MR) is 43.5 cm³/mol. The standard InChI is InChI=1S/C9H10F6O/c1-4-2-3-5(16)7(9(13,14)15)6(4)8(10,11)12/h5-7,16H,1-3H2. The van der Waals surface area contributed by atoms with E-state index in [2.05, 4.69) is 6.58 Å². The molecule has 1 saturated carbocycles. The molecule has 0 aromatic rings. The van der Waals surface area contributed by atoms with Gasteiger partial charge in [-0.1, -0.05) is 12.2 Å². The monoisotopic (exact) mass is 248 g/mol. The van der Waals surface area contributed by atoms with E-state index in [1.54, 1.807) is 0 Å². The SMILES string of the molecule is C=C1CCC(O)C(C(F)(F)F)C1C(F)(F)F. The van der Waals surface area contributed by atoms with Crippen molar-refractivity contribution in [3.05, 3.63) is 12.2 Å². The molecule has 1 nitrogen and oxygen atoms in total. The van der Waals surface area contributed by atoms with Crippen LogP contribution in [0.1, 0.15) is 12.8 Å². The second-order valence-corrected chi connectivity index (χ2v) is 3.85. The summed E-state index contributed by atoms with van der Waals surface area (Å²) in [4.78, 5) is 0. The zero-order chi connectivity index (χ0) is 12.7. The summed E-state index contributed by atoms with van der Waals surface area (Å²) in [5, 5.41) is 9.09. The molecule has 0 aromatic heterocycles. The van der Waals surface area contributed by atoms with Crippen LogP contribution in [0.15, 0.2) is 12.2 Å². The van der Waals surface area contributed by atoms with Crippen LogP contribution >= 0.6 is 0 Å². The fourth-order valence-electron chi connectivity index (χ4n) is 1.99. The van der Waals surface area contributed by atoms with Gasteiger partial charge in [0.1, 0.15) is 0 Å². The van der Waals surface area contributed by atoms with Crippen molar-refractivity contribution >= 4 is 0 Å². The number of hydrogen-bond acceptors (Lipinski definition) is 1. The van der Waals surface area contributed by atoms with Crippen molar-refractivity contribution in [1.29, 1.82) is 0 Å². The Bertz CT molecular complexity index is 279. The lowest BCUT2D eigenvalue weighted by Crippen LogP contribution is -2.48. The molecule has 1 rings (SSSR count). The first-order valence-electron chi connectivity index (χ1n) is 4.54. The Balaban J connectivity index is 3.10. The maximum Gasteiger partial charge on any atom is 0.396 e. The molecule has 0 aliphatic heterocycles. The highest BCUT2D eigenvalue weighted by molar-refractivity contribution is 5.12. The van der Waals surface area contributed by atoms with Crippen molar-refractivity contribution < 1.29 is 31.4 Å². The highest BCUT2D eigenvalue weighted by Gasteiger charge is 2.60. The Morgan fingerprint density at radius 1 is 1.06 bits per heavy atom. The number of rotatable bonds is 0. The summed E-state index contributed by atoms with van der Waals surface area (Å²) >= 11 is 0. The molecule has 94 valence electrons. The number of allylic oxidation sites excluding steroid dienone is 1. The number of aliphatic hydroxyl groups is 1. The molecule has 3 atom stereocenters. The zero-order valence-electron chi connectivity index (χ0n) is 8.07. The molecule has 3 unspecified atom stereocenters. The van der Waals surface area contributed by atoms with Crippen LogP contribution in [0, 0.1) is 11.8 Å². The molecule has 1 aliphatic rings. The van der Waals surface area contributed by atoms with Gasteiger partial charge in [0.25, 0.3) is 0 Å². The third-order valence-electron chi connectivity index (χ3n) is 2.71. The summed E-state index contributed by atoms with van der Waals surface area (Å²) in [6.07, 6.45) is -12.7. The Kier molecular flexibility index (Phi) is 3.29. The fraction of sp³-hybridized carbons (Fsp3) is 0.778.